The summed E-state index contributed by atoms with van der Waals surface area (Å²) in [6, 6.07) is 0.772. The summed E-state index contributed by atoms with van der Waals surface area (Å²) in [4.78, 5) is 2.49. The summed E-state index contributed by atoms with van der Waals surface area (Å²) in [5.41, 5.74) is 0. The molecule has 88 valence electrons. The molecular formula is C11H22N2OS. The SMILES string of the molecule is CN(CC1CNCCO1)C1CCCSC1. The van der Waals surface area contributed by atoms with Crippen LogP contribution in [0.15, 0.2) is 0 Å². The highest BCUT2D eigenvalue weighted by molar-refractivity contribution is 7.99. The van der Waals surface area contributed by atoms with Crippen LogP contribution in [0, 0.1) is 0 Å². The van der Waals surface area contributed by atoms with Gasteiger partial charge >= 0.3 is 0 Å². The van der Waals surface area contributed by atoms with E-state index in [1.54, 1.807) is 0 Å². The molecule has 0 aromatic carbocycles. The lowest BCUT2D eigenvalue weighted by atomic mass is 10.1. The van der Waals surface area contributed by atoms with Crippen molar-refractivity contribution in [2.75, 3.05) is 44.8 Å². The van der Waals surface area contributed by atoms with Gasteiger partial charge in [-0.3, -0.25) is 4.90 Å². The maximum Gasteiger partial charge on any atom is 0.0826 e. The standard InChI is InChI=1S/C11H22N2OS/c1-13(10-3-2-6-15-9-10)8-11-7-12-4-5-14-11/h10-12H,2-9H2,1H3. The number of hydrogen-bond acceptors (Lipinski definition) is 4. The number of ether oxygens (including phenoxy) is 1. The molecule has 2 atom stereocenters. The van der Waals surface area contributed by atoms with Gasteiger partial charge in [-0.05, 0) is 25.6 Å². The van der Waals surface area contributed by atoms with E-state index < -0.39 is 0 Å². The molecule has 2 fully saturated rings. The highest BCUT2D eigenvalue weighted by Crippen LogP contribution is 2.21. The molecule has 0 spiro atoms. The summed E-state index contributed by atoms with van der Waals surface area (Å²) in [6.07, 6.45) is 3.14. The van der Waals surface area contributed by atoms with E-state index in [2.05, 4.69) is 29.0 Å². The van der Waals surface area contributed by atoms with Gasteiger partial charge in [-0.2, -0.15) is 11.8 Å². The van der Waals surface area contributed by atoms with Gasteiger partial charge in [0.05, 0.1) is 12.7 Å². The van der Waals surface area contributed by atoms with Gasteiger partial charge in [-0.15, -0.1) is 0 Å². The van der Waals surface area contributed by atoms with Crippen molar-refractivity contribution in [3.8, 4) is 0 Å². The van der Waals surface area contributed by atoms with Crippen LogP contribution in [-0.4, -0.2) is 61.8 Å². The molecule has 0 amide bonds. The van der Waals surface area contributed by atoms with Gasteiger partial charge in [0.2, 0.25) is 0 Å². The first-order valence-electron chi connectivity index (χ1n) is 5.96. The van der Waals surface area contributed by atoms with Crippen molar-refractivity contribution in [2.45, 2.75) is 25.0 Å². The van der Waals surface area contributed by atoms with E-state index in [4.69, 9.17) is 4.74 Å². The van der Waals surface area contributed by atoms with Gasteiger partial charge in [0.15, 0.2) is 0 Å². The van der Waals surface area contributed by atoms with Crippen molar-refractivity contribution in [3.63, 3.8) is 0 Å². The predicted molar refractivity (Wildman–Crippen MR) is 65.6 cm³/mol. The van der Waals surface area contributed by atoms with Crippen molar-refractivity contribution >= 4 is 11.8 Å². The van der Waals surface area contributed by atoms with Crippen molar-refractivity contribution in [2.24, 2.45) is 0 Å². The largest absolute Gasteiger partial charge is 0.374 e. The molecule has 15 heavy (non-hydrogen) atoms. The lowest BCUT2D eigenvalue weighted by Gasteiger charge is -2.34. The Labute approximate surface area is 96.9 Å². The first kappa shape index (κ1) is 11.7. The minimum Gasteiger partial charge on any atom is -0.374 e. The topological polar surface area (TPSA) is 24.5 Å². The summed E-state index contributed by atoms with van der Waals surface area (Å²) in [5, 5.41) is 3.39. The van der Waals surface area contributed by atoms with Crippen LogP contribution < -0.4 is 5.32 Å². The van der Waals surface area contributed by atoms with Crippen LogP contribution in [0.4, 0.5) is 0 Å². The van der Waals surface area contributed by atoms with Crippen molar-refractivity contribution < 1.29 is 4.74 Å². The van der Waals surface area contributed by atoms with E-state index in [-0.39, 0.29) is 0 Å². The second-order valence-corrected chi connectivity index (χ2v) is 5.66. The molecule has 2 heterocycles. The number of thioether (sulfide) groups is 1. The van der Waals surface area contributed by atoms with E-state index in [9.17, 15) is 0 Å². The molecule has 3 nitrogen and oxygen atoms in total. The van der Waals surface area contributed by atoms with Gasteiger partial charge in [0, 0.05) is 31.4 Å². The molecule has 0 bridgehead atoms. The monoisotopic (exact) mass is 230 g/mol. The fourth-order valence-electron chi connectivity index (χ4n) is 2.28. The van der Waals surface area contributed by atoms with Crippen LogP contribution in [0.3, 0.4) is 0 Å². The minimum absolute atomic E-state index is 0.399. The van der Waals surface area contributed by atoms with Crippen LogP contribution >= 0.6 is 11.8 Å². The Morgan fingerprint density at radius 3 is 3.13 bits per heavy atom. The van der Waals surface area contributed by atoms with Gasteiger partial charge in [0.25, 0.3) is 0 Å². The quantitative estimate of drug-likeness (QED) is 0.775. The van der Waals surface area contributed by atoms with E-state index in [0.717, 1.165) is 32.3 Å². The van der Waals surface area contributed by atoms with E-state index in [1.165, 1.54) is 24.3 Å². The normalized spacial score (nSPS) is 33.2. The number of nitrogens with zero attached hydrogens (tertiary/aromatic N) is 1. The first-order valence-corrected chi connectivity index (χ1v) is 7.12. The zero-order valence-electron chi connectivity index (χ0n) is 9.58. The van der Waals surface area contributed by atoms with Crippen LogP contribution in [0.2, 0.25) is 0 Å². The Morgan fingerprint density at radius 1 is 1.53 bits per heavy atom. The number of rotatable bonds is 3. The molecule has 4 heteroatoms. The summed E-state index contributed by atoms with van der Waals surface area (Å²) in [5.74, 6) is 2.66. The number of morpholine rings is 1. The maximum absolute atomic E-state index is 5.73. The molecule has 2 saturated heterocycles. The third-order valence-corrected chi connectivity index (χ3v) is 4.45. The van der Waals surface area contributed by atoms with Crippen LogP contribution in [0.5, 0.6) is 0 Å². The zero-order valence-corrected chi connectivity index (χ0v) is 10.4. The average Bonchev–Trinajstić information content (AvgIpc) is 2.31. The molecule has 0 radical (unpaired) electrons. The van der Waals surface area contributed by atoms with Crippen LogP contribution in [0.1, 0.15) is 12.8 Å². The smallest absolute Gasteiger partial charge is 0.0826 e. The minimum atomic E-state index is 0.399. The third-order valence-electron chi connectivity index (χ3n) is 3.26. The highest BCUT2D eigenvalue weighted by atomic mass is 32.2. The molecule has 2 aliphatic heterocycles. The van der Waals surface area contributed by atoms with Crippen molar-refractivity contribution in [3.05, 3.63) is 0 Å². The fraction of sp³-hybridized carbons (Fsp3) is 1.00. The second-order valence-electron chi connectivity index (χ2n) is 4.51. The molecule has 0 aromatic rings. The zero-order chi connectivity index (χ0) is 10.5. The second kappa shape index (κ2) is 6.09. The van der Waals surface area contributed by atoms with E-state index in [1.807, 2.05) is 0 Å². The van der Waals surface area contributed by atoms with Crippen molar-refractivity contribution in [1.82, 2.24) is 10.2 Å². The van der Waals surface area contributed by atoms with Gasteiger partial charge in [-0.25, -0.2) is 0 Å². The maximum atomic E-state index is 5.73. The highest BCUT2D eigenvalue weighted by Gasteiger charge is 2.22. The van der Waals surface area contributed by atoms with Gasteiger partial charge in [-0.1, -0.05) is 0 Å². The summed E-state index contributed by atoms with van der Waals surface area (Å²) in [7, 11) is 2.24. The molecule has 0 aromatic heterocycles. The first-order chi connectivity index (χ1) is 7.36. The lowest BCUT2D eigenvalue weighted by molar-refractivity contribution is 0.00369. The molecule has 2 aliphatic rings. The Morgan fingerprint density at radius 2 is 2.47 bits per heavy atom. The summed E-state index contributed by atoms with van der Waals surface area (Å²) in [6.45, 7) is 3.99. The number of likely N-dealkylation sites (N-methyl/N-ethyl adjacent to an activating group) is 1. The van der Waals surface area contributed by atoms with E-state index in [0.29, 0.717) is 6.10 Å². The average molecular weight is 230 g/mol. The predicted octanol–water partition coefficient (Wildman–Crippen LogP) is 0.802. The van der Waals surface area contributed by atoms with Crippen LogP contribution in [0.25, 0.3) is 0 Å². The van der Waals surface area contributed by atoms with Crippen LogP contribution in [-0.2, 0) is 4.74 Å². The Kier molecular flexibility index (Phi) is 4.75. The Balaban J connectivity index is 1.72. The van der Waals surface area contributed by atoms with E-state index >= 15 is 0 Å². The Bertz CT molecular complexity index is 179. The molecule has 2 rings (SSSR count). The fourth-order valence-corrected chi connectivity index (χ4v) is 3.51. The molecule has 0 saturated carbocycles. The summed E-state index contributed by atoms with van der Waals surface area (Å²) >= 11 is 2.10. The molecule has 0 aliphatic carbocycles. The van der Waals surface area contributed by atoms with Gasteiger partial charge in [0.1, 0.15) is 0 Å². The molecule has 1 N–H and O–H groups in total. The van der Waals surface area contributed by atoms with Gasteiger partial charge < -0.3 is 10.1 Å². The Hall–Kier alpha value is 0.230. The third kappa shape index (κ3) is 3.63. The van der Waals surface area contributed by atoms with Crippen molar-refractivity contribution in [1.29, 1.82) is 0 Å². The molecule has 2 unspecified atom stereocenters. The number of hydrogen-bond donors (Lipinski definition) is 1. The number of nitrogens with one attached hydrogen (secondary N) is 1. The lowest BCUT2D eigenvalue weighted by Crippen LogP contribution is -2.47. The molecular weight excluding hydrogens is 208 g/mol. The summed E-state index contributed by atoms with van der Waals surface area (Å²) < 4.78 is 5.73.